The summed E-state index contributed by atoms with van der Waals surface area (Å²) in [4.78, 5) is 16.3. The number of benzene rings is 1. The molecule has 0 unspecified atom stereocenters. The summed E-state index contributed by atoms with van der Waals surface area (Å²) in [5.41, 5.74) is 1.83. The lowest BCUT2D eigenvalue weighted by molar-refractivity contribution is -0.120. The van der Waals surface area contributed by atoms with Gasteiger partial charge in [-0.05, 0) is 23.6 Å². The van der Waals surface area contributed by atoms with Gasteiger partial charge in [-0.25, -0.2) is 4.98 Å². The molecular weight excluding hydrogens is 371 g/mol. The van der Waals surface area contributed by atoms with Crippen LogP contribution in [0.5, 0.6) is 0 Å². The fraction of sp³-hybridized carbons (Fsp3) is 0.375. The summed E-state index contributed by atoms with van der Waals surface area (Å²) in [5, 5.41) is 6.12. The van der Waals surface area contributed by atoms with Gasteiger partial charge in [0.15, 0.2) is 0 Å². The van der Waals surface area contributed by atoms with Gasteiger partial charge in [-0.1, -0.05) is 54.9 Å². The van der Waals surface area contributed by atoms with E-state index in [0.29, 0.717) is 28.9 Å². The van der Waals surface area contributed by atoms with Gasteiger partial charge in [0.2, 0.25) is 5.91 Å². The molecule has 124 valence electrons. The number of aromatic nitrogens is 1. The molecule has 0 saturated heterocycles. The van der Waals surface area contributed by atoms with Crippen molar-refractivity contribution in [3.05, 3.63) is 44.9 Å². The Hall–Kier alpha value is -0.750. The smallest absolute Gasteiger partial charge is 0.226 e. The van der Waals surface area contributed by atoms with Crippen molar-refractivity contribution in [3.63, 3.8) is 0 Å². The minimum atomic E-state index is 0.0151. The molecule has 1 N–H and O–H groups in total. The van der Waals surface area contributed by atoms with Gasteiger partial charge in [-0.2, -0.15) is 0 Å². The van der Waals surface area contributed by atoms with E-state index in [1.54, 1.807) is 29.2 Å². The fourth-order valence-electron chi connectivity index (χ4n) is 1.76. The average molecular weight is 389 g/mol. The van der Waals surface area contributed by atoms with Crippen LogP contribution in [0.3, 0.4) is 0 Å². The molecule has 2 rings (SSSR count). The summed E-state index contributed by atoms with van der Waals surface area (Å²) in [7, 11) is 0. The SMILES string of the molecule is CC(C)CNC(=O)Cc1csc(SCc2ccc(Cl)cc2Cl)n1. The molecule has 23 heavy (non-hydrogen) atoms. The van der Waals surface area contributed by atoms with Crippen LogP contribution in [0.15, 0.2) is 27.9 Å². The molecule has 1 aromatic heterocycles. The van der Waals surface area contributed by atoms with Gasteiger partial charge in [0.25, 0.3) is 0 Å². The Bertz CT molecular complexity index is 674. The van der Waals surface area contributed by atoms with Crippen molar-refractivity contribution in [2.75, 3.05) is 6.54 Å². The maximum absolute atomic E-state index is 11.8. The Morgan fingerprint density at radius 2 is 2.17 bits per heavy atom. The lowest BCUT2D eigenvalue weighted by Crippen LogP contribution is -2.28. The quantitative estimate of drug-likeness (QED) is 0.674. The molecule has 0 atom stereocenters. The van der Waals surface area contributed by atoms with Gasteiger partial charge in [-0.3, -0.25) is 4.79 Å². The van der Waals surface area contributed by atoms with Crippen molar-refractivity contribution >= 4 is 52.2 Å². The number of hydrogen-bond acceptors (Lipinski definition) is 4. The zero-order chi connectivity index (χ0) is 16.8. The van der Waals surface area contributed by atoms with E-state index in [1.807, 2.05) is 17.5 Å². The molecule has 7 heteroatoms. The molecule has 0 fully saturated rings. The monoisotopic (exact) mass is 388 g/mol. The highest BCUT2D eigenvalue weighted by Gasteiger charge is 2.09. The first-order valence-electron chi connectivity index (χ1n) is 7.22. The van der Waals surface area contributed by atoms with Crippen molar-refractivity contribution < 1.29 is 4.79 Å². The highest BCUT2D eigenvalue weighted by Crippen LogP contribution is 2.30. The maximum atomic E-state index is 11.8. The first kappa shape index (κ1) is 18.6. The third-order valence-electron chi connectivity index (χ3n) is 2.95. The minimum Gasteiger partial charge on any atom is -0.356 e. The summed E-state index contributed by atoms with van der Waals surface area (Å²) >= 11 is 15.2. The number of carbonyl (C=O) groups is 1. The maximum Gasteiger partial charge on any atom is 0.226 e. The molecular formula is C16H18Cl2N2OS2. The van der Waals surface area contributed by atoms with Crippen LogP contribution in [0.2, 0.25) is 10.0 Å². The van der Waals surface area contributed by atoms with Crippen molar-refractivity contribution in [2.24, 2.45) is 5.92 Å². The summed E-state index contributed by atoms with van der Waals surface area (Å²) in [6.45, 7) is 4.83. The molecule has 1 heterocycles. The van der Waals surface area contributed by atoms with E-state index in [2.05, 4.69) is 24.1 Å². The average Bonchev–Trinajstić information content (AvgIpc) is 2.92. The van der Waals surface area contributed by atoms with E-state index in [-0.39, 0.29) is 5.91 Å². The van der Waals surface area contributed by atoms with Gasteiger partial charge in [0.1, 0.15) is 4.34 Å². The van der Waals surface area contributed by atoms with Crippen LogP contribution in [0.4, 0.5) is 0 Å². The van der Waals surface area contributed by atoms with Crippen LogP contribution in [0, 0.1) is 5.92 Å². The van der Waals surface area contributed by atoms with Crippen LogP contribution in [0.25, 0.3) is 0 Å². The van der Waals surface area contributed by atoms with Gasteiger partial charge < -0.3 is 5.32 Å². The van der Waals surface area contributed by atoms with Gasteiger partial charge in [0, 0.05) is 27.7 Å². The molecule has 0 saturated carbocycles. The second-order valence-electron chi connectivity index (χ2n) is 5.50. The number of thiazole rings is 1. The number of nitrogens with zero attached hydrogens (tertiary/aromatic N) is 1. The summed E-state index contributed by atoms with van der Waals surface area (Å²) < 4.78 is 0.933. The molecule has 0 aliphatic carbocycles. The highest BCUT2D eigenvalue weighted by molar-refractivity contribution is 8.00. The van der Waals surface area contributed by atoms with E-state index in [0.717, 1.165) is 21.3 Å². The zero-order valence-corrected chi connectivity index (χ0v) is 16.1. The standard InChI is InChI=1S/C16H18Cl2N2OS2/c1-10(2)7-19-15(21)6-13-9-23-16(20-13)22-8-11-3-4-12(17)5-14(11)18/h3-5,9-10H,6-8H2,1-2H3,(H,19,21). The molecule has 2 aromatic rings. The van der Waals surface area contributed by atoms with Crippen LogP contribution < -0.4 is 5.32 Å². The summed E-state index contributed by atoms with van der Waals surface area (Å²) in [6, 6.07) is 5.49. The largest absolute Gasteiger partial charge is 0.356 e. The molecule has 0 spiro atoms. The predicted octanol–water partition coefficient (Wildman–Crippen LogP) is 5.06. The second-order valence-corrected chi connectivity index (χ2v) is 8.43. The van der Waals surface area contributed by atoms with E-state index in [1.165, 1.54) is 0 Å². The lowest BCUT2D eigenvalue weighted by Gasteiger charge is -2.06. The second kappa shape index (κ2) is 8.92. The van der Waals surface area contributed by atoms with Gasteiger partial charge in [0.05, 0.1) is 12.1 Å². The van der Waals surface area contributed by atoms with Crippen LogP contribution in [0.1, 0.15) is 25.1 Å². The molecule has 0 radical (unpaired) electrons. The highest BCUT2D eigenvalue weighted by atomic mass is 35.5. The lowest BCUT2D eigenvalue weighted by atomic mass is 10.2. The van der Waals surface area contributed by atoms with Crippen molar-refractivity contribution in [1.29, 1.82) is 0 Å². The Morgan fingerprint density at radius 3 is 2.87 bits per heavy atom. The van der Waals surface area contributed by atoms with Crippen molar-refractivity contribution in [1.82, 2.24) is 10.3 Å². The third kappa shape index (κ3) is 6.34. The van der Waals surface area contributed by atoms with E-state index in [9.17, 15) is 4.79 Å². The van der Waals surface area contributed by atoms with Crippen molar-refractivity contribution in [3.8, 4) is 0 Å². The molecule has 1 amide bonds. The summed E-state index contributed by atoms with van der Waals surface area (Å²) in [6.07, 6.45) is 0.325. The normalized spacial score (nSPS) is 11.0. The zero-order valence-electron chi connectivity index (χ0n) is 12.9. The van der Waals surface area contributed by atoms with E-state index in [4.69, 9.17) is 23.2 Å². The number of halogens is 2. The molecule has 0 aliphatic heterocycles. The number of nitrogens with one attached hydrogen (secondary N) is 1. The molecule has 1 aromatic carbocycles. The number of hydrogen-bond donors (Lipinski definition) is 1. The van der Waals surface area contributed by atoms with Crippen LogP contribution in [-0.4, -0.2) is 17.4 Å². The Labute approximate surface area is 154 Å². The molecule has 0 bridgehead atoms. The Balaban J connectivity index is 1.86. The number of carbonyl (C=O) groups excluding carboxylic acids is 1. The first-order valence-corrected chi connectivity index (χ1v) is 9.84. The van der Waals surface area contributed by atoms with E-state index >= 15 is 0 Å². The Morgan fingerprint density at radius 1 is 1.39 bits per heavy atom. The van der Waals surface area contributed by atoms with Crippen molar-refractivity contribution in [2.45, 2.75) is 30.4 Å². The van der Waals surface area contributed by atoms with Crippen LogP contribution >= 0.6 is 46.3 Å². The number of rotatable bonds is 7. The van der Waals surface area contributed by atoms with Gasteiger partial charge in [-0.15, -0.1) is 11.3 Å². The number of thioether (sulfide) groups is 1. The summed E-state index contributed by atoms with van der Waals surface area (Å²) in [5.74, 6) is 1.19. The molecule has 0 aliphatic rings. The van der Waals surface area contributed by atoms with Gasteiger partial charge >= 0.3 is 0 Å². The predicted molar refractivity (Wildman–Crippen MR) is 99.7 cm³/mol. The van der Waals surface area contributed by atoms with E-state index < -0.39 is 0 Å². The minimum absolute atomic E-state index is 0.0151. The fourth-order valence-corrected chi connectivity index (χ4v) is 4.16. The third-order valence-corrected chi connectivity index (χ3v) is 5.65. The number of amides is 1. The topological polar surface area (TPSA) is 42.0 Å². The Kier molecular flexibility index (Phi) is 7.21. The molecule has 3 nitrogen and oxygen atoms in total. The van der Waals surface area contributed by atoms with Crippen LogP contribution in [-0.2, 0) is 17.0 Å². The first-order chi connectivity index (χ1) is 10.9.